The molecule has 0 saturated heterocycles. The molecule has 1 atom stereocenters. The van der Waals surface area contributed by atoms with Gasteiger partial charge in [-0.3, -0.25) is 9.59 Å². The number of nitrogens with two attached hydrogens (primary N) is 1. The van der Waals surface area contributed by atoms with Crippen molar-refractivity contribution < 1.29 is 22.8 Å². The Labute approximate surface area is 192 Å². The summed E-state index contributed by atoms with van der Waals surface area (Å²) in [5, 5.41) is 2.64. The van der Waals surface area contributed by atoms with Gasteiger partial charge in [0.15, 0.2) is 5.65 Å². The highest BCUT2D eigenvalue weighted by atomic mass is 19.4. The van der Waals surface area contributed by atoms with E-state index in [1.807, 2.05) is 6.92 Å². The number of H-pyrrole nitrogens is 1. The number of benzene rings is 1. The lowest BCUT2D eigenvalue weighted by Crippen LogP contribution is -2.35. The molecule has 0 spiro atoms. The molecule has 178 valence electrons. The van der Waals surface area contributed by atoms with Crippen LogP contribution < -0.4 is 11.1 Å². The van der Waals surface area contributed by atoms with Crippen molar-refractivity contribution in [3.8, 4) is 11.3 Å². The second kappa shape index (κ2) is 7.71. The number of hydrogen-bond acceptors (Lipinski definition) is 5. The third-order valence-corrected chi connectivity index (χ3v) is 6.53. The fourth-order valence-electron chi connectivity index (χ4n) is 4.60. The number of halogens is 3. The summed E-state index contributed by atoms with van der Waals surface area (Å²) in [7, 11) is 0. The zero-order chi connectivity index (χ0) is 24.4. The Bertz CT molecular complexity index is 1330. The van der Waals surface area contributed by atoms with Crippen molar-refractivity contribution in [1.29, 1.82) is 0 Å². The van der Waals surface area contributed by atoms with Gasteiger partial charge in [0, 0.05) is 24.7 Å². The summed E-state index contributed by atoms with van der Waals surface area (Å²) in [5.41, 5.74) is 5.75. The first-order valence-electron chi connectivity index (χ1n) is 11.1. The lowest BCUT2D eigenvalue weighted by Gasteiger charge is -2.24. The normalized spacial score (nSPS) is 16.7. The molecule has 5 rings (SSSR count). The predicted octanol–water partition coefficient (Wildman–Crippen LogP) is 3.73. The van der Waals surface area contributed by atoms with Crippen LogP contribution in [-0.4, -0.2) is 44.3 Å². The average molecular weight is 472 g/mol. The van der Waals surface area contributed by atoms with Crippen LogP contribution in [0.5, 0.6) is 0 Å². The van der Waals surface area contributed by atoms with Crippen LogP contribution in [0.15, 0.2) is 18.3 Å². The average Bonchev–Trinajstić information content (AvgIpc) is 3.50. The van der Waals surface area contributed by atoms with Crippen molar-refractivity contribution in [2.24, 2.45) is 5.92 Å². The fourth-order valence-corrected chi connectivity index (χ4v) is 4.60. The second-order valence-electron chi connectivity index (χ2n) is 8.79. The van der Waals surface area contributed by atoms with Gasteiger partial charge in [-0.2, -0.15) is 13.2 Å². The number of alkyl halides is 3. The van der Waals surface area contributed by atoms with Crippen LogP contribution in [0, 0.1) is 5.92 Å². The van der Waals surface area contributed by atoms with E-state index >= 15 is 0 Å². The molecule has 1 aliphatic heterocycles. The number of aromatic nitrogens is 3. The van der Waals surface area contributed by atoms with Gasteiger partial charge in [-0.15, -0.1) is 0 Å². The molecule has 0 bridgehead atoms. The predicted molar refractivity (Wildman–Crippen MR) is 119 cm³/mol. The Morgan fingerprint density at radius 1 is 1.35 bits per heavy atom. The van der Waals surface area contributed by atoms with E-state index in [0.717, 1.165) is 18.9 Å². The lowest BCUT2D eigenvalue weighted by atomic mass is 9.97. The first-order valence-corrected chi connectivity index (χ1v) is 11.1. The maximum absolute atomic E-state index is 14.0. The van der Waals surface area contributed by atoms with Gasteiger partial charge in [0.1, 0.15) is 16.9 Å². The molecule has 1 saturated carbocycles. The van der Waals surface area contributed by atoms with Gasteiger partial charge < -0.3 is 20.9 Å². The highest BCUT2D eigenvalue weighted by molar-refractivity contribution is 6.09. The Morgan fingerprint density at radius 2 is 2.09 bits per heavy atom. The van der Waals surface area contributed by atoms with E-state index in [1.54, 1.807) is 13.0 Å². The van der Waals surface area contributed by atoms with Crippen molar-refractivity contribution in [2.45, 2.75) is 45.5 Å². The van der Waals surface area contributed by atoms with Crippen LogP contribution in [0.3, 0.4) is 0 Å². The minimum Gasteiger partial charge on any atom is -0.384 e. The summed E-state index contributed by atoms with van der Waals surface area (Å²) in [5.74, 6) is -0.657. The van der Waals surface area contributed by atoms with Crippen molar-refractivity contribution in [3.63, 3.8) is 0 Å². The lowest BCUT2D eigenvalue weighted by molar-refractivity contribution is -0.137. The van der Waals surface area contributed by atoms with Crippen LogP contribution in [0.25, 0.3) is 22.4 Å². The first-order chi connectivity index (χ1) is 16.1. The standard InChI is InChI=1S/C23H23F3N6O2/c1-3-28-21(33)17-18-20(31-19(17)27)29-8-15(30-18)12-6-13-9-32(10(2)11-4-5-11)22(34)16(13)14(7-12)23(24,25)26/h6-8,10-11H,3-5,9,27H2,1-2H3,(H,28,33)(H,29,31)/t10-/m0/s1. The zero-order valence-corrected chi connectivity index (χ0v) is 18.6. The van der Waals surface area contributed by atoms with E-state index < -0.39 is 23.6 Å². The number of nitrogens with zero attached hydrogens (tertiary/aromatic N) is 3. The number of nitrogens with one attached hydrogen (secondary N) is 2. The van der Waals surface area contributed by atoms with Crippen molar-refractivity contribution in [1.82, 2.24) is 25.2 Å². The molecular formula is C23H23F3N6O2. The summed E-state index contributed by atoms with van der Waals surface area (Å²) in [6, 6.07) is 2.36. The monoisotopic (exact) mass is 472 g/mol. The van der Waals surface area contributed by atoms with Gasteiger partial charge in [-0.25, -0.2) is 9.97 Å². The number of nitrogen functional groups attached to an aromatic ring is 1. The Kier molecular flexibility index (Phi) is 5.03. The molecule has 11 heteroatoms. The quantitative estimate of drug-likeness (QED) is 0.523. The zero-order valence-electron chi connectivity index (χ0n) is 18.6. The topological polar surface area (TPSA) is 117 Å². The van der Waals surface area contributed by atoms with Gasteiger partial charge in [-0.05, 0) is 50.3 Å². The molecule has 2 amide bonds. The SMILES string of the molecule is CCNC(=O)c1c(N)[nH]c2ncc(-c3cc4c(c(C(F)(F)F)c3)C(=O)N([C@@H](C)C3CC3)C4)nc12. The number of hydrogen-bond donors (Lipinski definition) is 3. The van der Waals surface area contributed by atoms with Crippen LogP contribution in [0.1, 0.15) is 58.5 Å². The fraction of sp³-hybridized carbons (Fsp3) is 0.391. The maximum atomic E-state index is 14.0. The molecular weight excluding hydrogens is 449 g/mol. The number of fused-ring (bicyclic) bond motifs is 2. The van der Waals surface area contributed by atoms with Gasteiger partial charge >= 0.3 is 6.18 Å². The van der Waals surface area contributed by atoms with E-state index in [9.17, 15) is 22.8 Å². The van der Waals surface area contributed by atoms with Gasteiger partial charge in [0.2, 0.25) is 0 Å². The van der Waals surface area contributed by atoms with Crippen LogP contribution in [-0.2, 0) is 12.7 Å². The number of carbonyl (C=O) groups is 2. The molecule has 1 fully saturated rings. The summed E-state index contributed by atoms with van der Waals surface area (Å²) in [6.07, 6.45) is -1.45. The van der Waals surface area contributed by atoms with E-state index in [2.05, 4.69) is 20.3 Å². The highest BCUT2D eigenvalue weighted by Crippen LogP contribution is 2.43. The number of anilines is 1. The Balaban J connectivity index is 1.63. The third-order valence-electron chi connectivity index (χ3n) is 6.53. The van der Waals surface area contributed by atoms with E-state index in [4.69, 9.17) is 5.73 Å². The molecule has 3 heterocycles. The maximum Gasteiger partial charge on any atom is 0.417 e. The molecule has 2 aliphatic rings. The van der Waals surface area contributed by atoms with Crippen LogP contribution in [0.4, 0.5) is 19.0 Å². The molecule has 34 heavy (non-hydrogen) atoms. The smallest absolute Gasteiger partial charge is 0.384 e. The Morgan fingerprint density at radius 3 is 2.74 bits per heavy atom. The van der Waals surface area contributed by atoms with Crippen molar-refractivity contribution >= 4 is 28.8 Å². The van der Waals surface area contributed by atoms with Crippen LogP contribution >= 0.6 is 0 Å². The van der Waals surface area contributed by atoms with Gasteiger partial charge in [-0.1, -0.05) is 0 Å². The molecule has 1 aromatic carbocycles. The molecule has 3 aromatic rings. The summed E-state index contributed by atoms with van der Waals surface area (Å²) in [6.45, 7) is 4.10. The number of rotatable bonds is 5. The molecule has 2 aromatic heterocycles. The van der Waals surface area contributed by atoms with Gasteiger partial charge in [0.05, 0.1) is 23.0 Å². The minimum atomic E-state index is -4.73. The third kappa shape index (κ3) is 3.55. The number of carbonyl (C=O) groups excluding carboxylic acids is 2. The molecule has 0 unspecified atom stereocenters. The molecule has 1 aliphatic carbocycles. The van der Waals surface area contributed by atoms with E-state index in [-0.39, 0.29) is 52.0 Å². The van der Waals surface area contributed by atoms with Gasteiger partial charge in [0.25, 0.3) is 11.8 Å². The summed E-state index contributed by atoms with van der Waals surface area (Å²) >= 11 is 0. The van der Waals surface area contributed by atoms with E-state index in [1.165, 1.54) is 11.1 Å². The molecule has 8 nitrogen and oxygen atoms in total. The van der Waals surface area contributed by atoms with Crippen LogP contribution in [0.2, 0.25) is 0 Å². The largest absolute Gasteiger partial charge is 0.417 e. The molecule has 0 radical (unpaired) electrons. The first kappa shape index (κ1) is 22.2. The van der Waals surface area contributed by atoms with Crippen molar-refractivity contribution in [2.75, 3.05) is 12.3 Å². The van der Waals surface area contributed by atoms with E-state index in [0.29, 0.717) is 18.0 Å². The number of amides is 2. The highest BCUT2D eigenvalue weighted by Gasteiger charge is 2.44. The summed E-state index contributed by atoms with van der Waals surface area (Å²) < 4.78 is 42.1. The Hall–Kier alpha value is -3.63. The van der Waals surface area contributed by atoms with Crippen molar-refractivity contribution in [3.05, 3.63) is 40.6 Å². The molecule has 4 N–H and O–H groups in total. The second-order valence-corrected chi connectivity index (χ2v) is 8.79. The summed E-state index contributed by atoms with van der Waals surface area (Å²) in [4.78, 5) is 38.4. The number of aromatic amines is 1. The minimum absolute atomic E-state index is 0.0679.